The highest BCUT2D eigenvalue weighted by atomic mass is 32.1. The molecular weight excluding hydrogens is 248 g/mol. The maximum absolute atomic E-state index is 11.2. The van der Waals surface area contributed by atoms with Crippen LogP contribution in [0, 0.1) is 0 Å². The van der Waals surface area contributed by atoms with Gasteiger partial charge in [-0.15, -0.1) is 11.3 Å². The van der Waals surface area contributed by atoms with Gasteiger partial charge in [-0.05, 0) is 25.7 Å². The van der Waals surface area contributed by atoms with Gasteiger partial charge < -0.3 is 10.0 Å². The first-order valence-electron chi connectivity index (χ1n) is 6.57. The molecule has 0 saturated carbocycles. The molecule has 1 aromatic rings. The Kier molecular flexibility index (Phi) is 4.22. The van der Waals surface area contributed by atoms with E-state index in [2.05, 4.69) is 16.8 Å². The van der Waals surface area contributed by atoms with Crippen molar-refractivity contribution in [3.8, 4) is 0 Å². The minimum absolute atomic E-state index is 0.390. The average Bonchev–Trinajstić information content (AvgIpc) is 2.79. The minimum atomic E-state index is -0.732. The highest BCUT2D eigenvalue weighted by Gasteiger charge is 2.30. The molecule has 1 aliphatic rings. The molecule has 0 aromatic carbocycles. The first-order valence-corrected chi connectivity index (χ1v) is 7.38. The van der Waals surface area contributed by atoms with E-state index < -0.39 is 11.9 Å². The molecule has 0 fully saturated rings. The molecule has 100 valence electrons. The summed E-state index contributed by atoms with van der Waals surface area (Å²) in [4.78, 5) is 19.1. The molecule has 0 radical (unpaired) electrons. The van der Waals surface area contributed by atoms with Gasteiger partial charge in [-0.3, -0.25) is 4.79 Å². The summed E-state index contributed by atoms with van der Waals surface area (Å²) in [6, 6.07) is 0. The average molecular weight is 268 g/mol. The molecule has 1 heterocycles. The van der Waals surface area contributed by atoms with Crippen molar-refractivity contribution in [1.82, 2.24) is 4.98 Å². The molecule has 18 heavy (non-hydrogen) atoms. The van der Waals surface area contributed by atoms with Crippen LogP contribution in [0.15, 0.2) is 0 Å². The smallest absolute Gasteiger partial charge is 0.312 e. The minimum Gasteiger partial charge on any atom is -0.481 e. The predicted octanol–water partition coefficient (Wildman–Crippen LogP) is 2.88. The summed E-state index contributed by atoms with van der Waals surface area (Å²) < 4.78 is 0. The molecule has 2 rings (SSSR count). The van der Waals surface area contributed by atoms with Crippen LogP contribution in [-0.2, 0) is 11.2 Å². The van der Waals surface area contributed by atoms with Crippen molar-refractivity contribution < 1.29 is 9.90 Å². The van der Waals surface area contributed by atoms with Crippen molar-refractivity contribution in [2.75, 3.05) is 18.5 Å². The molecule has 1 N–H and O–H groups in total. The summed E-state index contributed by atoms with van der Waals surface area (Å²) in [6.45, 7) is 3.15. The van der Waals surface area contributed by atoms with E-state index in [4.69, 9.17) is 0 Å². The number of rotatable bonds is 5. The van der Waals surface area contributed by atoms with Crippen LogP contribution < -0.4 is 4.90 Å². The van der Waals surface area contributed by atoms with Crippen molar-refractivity contribution in [1.29, 1.82) is 0 Å². The molecule has 0 bridgehead atoms. The Morgan fingerprint density at radius 3 is 3.06 bits per heavy atom. The fraction of sp³-hybridized carbons (Fsp3) is 0.692. The van der Waals surface area contributed by atoms with Crippen LogP contribution >= 0.6 is 11.3 Å². The second-order valence-electron chi connectivity index (χ2n) is 4.86. The number of aryl methyl sites for hydroxylation is 1. The number of hydrogen-bond acceptors (Lipinski definition) is 4. The molecule has 0 amide bonds. The topological polar surface area (TPSA) is 53.4 Å². The van der Waals surface area contributed by atoms with Crippen LogP contribution in [0.1, 0.15) is 49.1 Å². The van der Waals surface area contributed by atoms with E-state index in [1.165, 1.54) is 4.88 Å². The Morgan fingerprint density at radius 2 is 2.39 bits per heavy atom. The number of aliphatic carboxylic acids is 1. The van der Waals surface area contributed by atoms with Crippen molar-refractivity contribution in [3.63, 3.8) is 0 Å². The van der Waals surface area contributed by atoms with Gasteiger partial charge in [0.2, 0.25) is 0 Å². The van der Waals surface area contributed by atoms with Gasteiger partial charge in [0.15, 0.2) is 5.13 Å². The summed E-state index contributed by atoms with van der Waals surface area (Å²) in [6.07, 6.45) is 4.98. The van der Waals surface area contributed by atoms with E-state index >= 15 is 0 Å². The number of thiazole rings is 1. The second kappa shape index (κ2) is 5.69. The summed E-state index contributed by atoms with van der Waals surface area (Å²) in [7, 11) is 2.04. The highest BCUT2D eigenvalue weighted by Crippen LogP contribution is 2.37. The molecule has 1 atom stereocenters. The van der Waals surface area contributed by atoms with Gasteiger partial charge >= 0.3 is 5.97 Å². The number of hydrogen-bond donors (Lipinski definition) is 1. The van der Waals surface area contributed by atoms with E-state index in [1.54, 1.807) is 11.3 Å². The largest absolute Gasteiger partial charge is 0.481 e. The van der Waals surface area contributed by atoms with E-state index in [0.717, 1.165) is 49.5 Å². The Labute approximate surface area is 112 Å². The van der Waals surface area contributed by atoms with Crippen molar-refractivity contribution >= 4 is 22.4 Å². The quantitative estimate of drug-likeness (QED) is 0.892. The monoisotopic (exact) mass is 268 g/mol. The Hall–Kier alpha value is -1.10. The zero-order chi connectivity index (χ0) is 13.1. The standard InChI is InChI=1S/C13H20N2O2S/c1-3-4-8-15(2)13-14-11-9(12(16)17)6-5-7-10(11)18-13/h9H,3-8H2,1-2H3,(H,16,17). The second-order valence-corrected chi connectivity index (χ2v) is 5.93. The highest BCUT2D eigenvalue weighted by molar-refractivity contribution is 7.15. The third kappa shape index (κ3) is 2.66. The molecule has 1 unspecified atom stereocenters. The van der Waals surface area contributed by atoms with Crippen LogP contribution in [0.25, 0.3) is 0 Å². The van der Waals surface area contributed by atoms with Gasteiger partial charge in [-0.2, -0.15) is 0 Å². The van der Waals surface area contributed by atoms with Crippen LogP contribution in [-0.4, -0.2) is 29.7 Å². The zero-order valence-electron chi connectivity index (χ0n) is 11.0. The lowest BCUT2D eigenvalue weighted by Crippen LogP contribution is -2.19. The van der Waals surface area contributed by atoms with E-state index in [9.17, 15) is 9.90 Å². The molecule has 1 aromatic heterocycles. The number of unbranched alkanes of at least 4 members (excludes halogenated alkanes) is 1. The summed E-state index contributed by atoms with van der Waals surface area (Å²) in [5.74, 6) is -1.12. The van der Waals surface area contributed by atoms with Crippen molar-refractivity contribution in [3.05, 3.63) is 10.6 Å². The summed E-state index contributed by atoms with van der Waals surface area (Å²) >= 11 is 1.67. The molecule has 5 heteroatoms. The van der Waals surface area contributed by atoms with Gasteiger partial charge in [0.05, 0.1) is 5.69 Å². The van der Waals surface area contributed by atoms with Crippen molar-refractivity contribution in [2.24, 2.45) is 0 Å². The van der Waals surface area contributed by atoms with Crippen LogP contribution in [0.3, 0.4) is 0 Å². The fourth-order valence-corrected chi connectivity index (χ4v) is 3.45. The van der Waals surface area contributed by atoms with Crippen LogP contribution in [0.4, 0.5) is 5.13 Å². The number of fused-ring (bicyclic) bond motifs is 1. The number of aromatic nitrogens is 1. The maximum Gasteiger partial charge on any atom is 0.312 e. The Balaban J connectivity index is 2.19. The van der Waals surface area contributed by atoms with Gasteiger partial charge in [0.25, 0.3) is 0 Å². The molecule has 4 nitrogen and oxygen atoms in total. The van der Waals surface area contributed by atoms with Gasteiger partial charge in [-0.25, -0.2) is 4.98 Å². The molecule has 1 aliphatic carbocycles. The fourth-order valence-electron chi connectivity index (χ4n) is 2.30. The van der Waals surface area contributed by atoms with E-state index in [1.807, 2.05) is 7.05 Å². The number of carbonyl (C=O) groups is 1. The number of carboxylic acids is 1. The molecule has 0 spiro atoms. The zero-order valence-corrected chi connectivity index (χ0v) is 11.8. The summed E-state index contributed by atoms with van der Waals surface area (Å²) in [5.41, 5.74) is 0.817. The Morgan fingerprint density at radius 1 is 1.61 bits per heavy atom. The van der Waals surface area contributed by atoms with Gasteiger partial charge in [0.1, 0.15) is 5.92 Å². The third-order valence-corrected chi connectivity index (χ3v) is 4.66. The number of carboxylic acid groups (broad SMARTS) is 1. The SMILES string of the molecule is CCCCN(C)c1nc2c(s1)CCCC2C(=O)O. The van der Waals surface area contributed by atoms with Crippen LogP contribution in [0.2, 0.25) is 0 Å². The van der Waals surface area contributed by atoms with E-state index in [-0.39, 0.29) is 0 Å². The lowest BCUT2D eigenvalue weighted by atomic mass is 9.91. The predicted molar refractivity (Wildman–Crippen MR) is 73.6 cm³/mol. The number of nitrogens with zero attached hydrogens (tertiary/aromatic N) is 2. The first kappa shape index (κ1) is 13.3. The summed E-state index contributed by atoms with van der Waals surface area (Å²) in [5, 5.41) is 10.2. The van der Waals surface area contributed by atoms with Gasteiger partial charge in [0, 0.05) is 18.5 Å². The van der Waals surface area contributed by atoms with Gasteiger partial charge in [-0.1, -0.05) is 13.3 Å². The lowest BCUT2D eigenvalue weighted by molar-refractivity contribution is -0.139. The van der Waals surface area contributed by atoms with E-state index in [0.29, 0.717) is 0 Å². The third-order valence-electron chi connectivity index (χ3n) is 3.41. The Bertz CT molecular complexity index is 431. The molecular formula is C13H20N2O2S. The normalized spacial score (nSPS) is 18.4. The number of anilines is 1. The molecule has 0 aliphatic heterocycles. The molecule has 0 saturated heterocycles. The lowest BCUT2D eigenvalue weighted by Gasteiger charge is -2.16. The maximum atomic E-state index is 11.2. The van der Waals surface area contributed by atoms with Crippen LogP contribution in [0.5, 0.6) is 0 Å². The first-order chi connectivity index (χ1) is 8.63. The van der Waals surface area contributed by atoms with Crippen molar-refractivity contribution in [2.45, 2.75) is 44.9 Å².